The lowest BCUT2D eigenvalue weighted by atomic mass is 9.95. The van der Waals surface area contributed by atoms with Crippen molar-refractivity contribution in [1.29, 1.82) is 0 Å². The number of morpholine rings is 1. The SMILES string of the molecule is COc1ccc(C([O-])=C2C(=O)C(=O)N(CCC[NH+]3CCOCC3)C2c2cccc([N+](=O)[O-])c2)cc1Cl. The molecule has 0 spiro atoms. The normalized spacial score (nSPS) is 20.1. The van der Waals surface area contributed by atoms with Gasteiger partial charge in [0.2, 0.25) is 5.78 Å². The van der Waals surface area contributed by atoms with E-state index < -0.39 is 28.4 Å². The maximum absolute atomic E-state index is 13.5. The number of carbonyl (C=O) groups excluding carboxylic acids is 2. The molecule has 0 aliphatic carbocycles. The molecule has 4 rings (SSSR count). The lowest BCUT2D eigenvalue weighted by Gasteiger charge is -2.29. The number of methoxy groups -OCH3 is 1. The van der Waals surface area contributed by atoms with Gasteiger partial charge in [0.05, 0.1) is 42.9 Å². The molecule has 190 valence electrons. The highest BCUT2D eigenvalue weighted by atomic mass is 35.5. The van der Waals surface area contributed by atoms with Crippen molar-refractivity contribution in [2.24, 2.45) is 0 Å². The summed E-state index contributed by atoms with van der Waals surface area (Å²) in [6.07, 6.45) is 0.593. The number of hydrogen-bond donors (Lipinski definition) is 1. The van der Waals surface area contributed by atoms with E-state index in [0.717, 1.165) is 19.6 Å². The van der Waals surface area contributed by atoms with E-state index >= 15 is 0 Å². The Labute approximate surface area is 212 Å². The summed E-state index contributed by atoms with van der Waals surface area (Å²) >= 11 is 6.19. The summed E-state index contributed by atoms with van der Waals surface area (Å²) in [5.74, 6) is -2.01. The van der Waals surface area contributed by atoms with Crippen molar-refractivity contribution in [2.45, 2.75) is 12.5 Å². The Morgan fingerprint density at radius 1 is 1.22 bits per heavy atom. The minimum absolute atomic E-state index is 0.118. The number of non-ortho nitro benzene ring substituents is 1. The first-order chi connectivity index (χ1) is 17.3. The first-order valence-electron chi connectivity index (χ1n) is 11.6. The second-order valence-corrected chi connectivity index (χ2v) is 9.05. The molecule has 36 heavy (non-hydrogen) atoms. The summed E-state index contributed by atoms with van der Waals surface area (Å²) in [4.78, 5) is 39.8. The highest BCUT2D eigenvalue weighted by Crippen LogP contribution is 2.40. The molecule has 2 aliphatic rings. The molecule has 2 aliphatic heterocycles. The van der Waals surface area contributed by atoms with Gasteiger partial charge < -0.3 is 24.4 Å². The van der Waals surface area contributed by atoms with Crippen LogP contribution in [0.5, 0.6) is 5.75 Å². The second kappa shape index (κ2) is 11.1. The maximum Gasteiger partial charge on any atom is 0.295 e. The number of quaternary nitrogens is 1. The van der Waals surface area contributed by atoms with Crippen LogP contribution in [0.15, 0.2) is 48.0 Å². The molecule has 1 atom stereocenters. The van der Waals surface area contributed by atoms with Crippen molar-refractivity contribution in [2.75, 3.05) is 46.5 Å². The van der Waals surface area contributed by atoms with Crippen molar-refractivity contribution >= 4 is 34.7 Å². The highest BCUT2D eigenvalue weighted by molar-refractivity contribution is 6.46. The monoisotopic (exact) mass is 515 g/mol. The van der Waals surface area contributed by atoms with Crippen LogP contribution in [0.1, 0.15) is 23.6 Å². The van der Waals surface area contributed by atoms with Gasteiger partial charge in [0.1, 0.15) is 18.8 Å². The number of ketones is 1. The number of Topliss-reactive ketones (excluding diaryl/α,β-unsaturated/α-hetero) is 1. The van der Waals surface area contributed by atoms with Gasteiger partial charge >= 0.3 is 0 Å². The molecule has 2 fully saturated rings. The molecule has 2 aromatic carbocycles. The van der Waals surface area contributed by atoms with E-state index in [9.17, 15) is 24.8 Å². The Balaban J connectivity index is 1.73. The van der Waals surface area contributed by atoms with Crippen LogP contribution in [0.4, 0.5) is 5.69 Å². The number of ether oxygens (including phenoxy) is 2. The van der Waals surface area contributed by atoms with E-state index in [1.165, 1.54) is 53.3 Å². The van der Waals surface area contributed by atoms with Crippen LogP contribution < -0.4 is 14.7 Å². The van der Waals surface area contributed by atoms with E-state index in [-0.39, 0.29) is 28.4 Å². The van der Waals surface area contributed by atoms with Crippen molar-refractivity contribution in [1.82, 2.24) is 4.90 Å². The zero-order valence-corrected chi connectivity index (χ0v) is 20.5. The highest BCUT2D eigenvalue weighted by Gasteiger charge is 2.44. The second-order valence-electron chi connectivity index (χ2n) is 8.64. The number of carbonyl (C=O) groups is 2. The molecule has 0 radical (unpaired) electrons. The lowest BCUT2D eigenvalue weighted by molar-refractivity contribution is -0.908. The van der Waals surface area contributed by atoms with E-state index in [2.05, 4.69) is 0 Å². The van der Waals surface area contributed by atoms with Gasteiger partial charge in [-0.2, -0.15) is 0 Å². The fourth-order valence-corrected chi connectivity index (χ4v) is 4.89. The topological polar surface area (TPSA) is 126 Å². The van der Waals surface area contributed by atoms with Gasteiger partial charge in [0.25, 0.3) is 11.6 Å². The molecule has 2 aromatic rings. The van der Waals surface area contributed by atoms with Gasteiger partial charge in [-0.15, -0.1) is 0 Å². The van der Waals surface area contributed by atoms with Gasteiger partial charge in [0, 0.05) is 30.7 Å². The largest absolute Gasteiger partial charge is 0.872 e. The van der Waals surface area contributed by atoms with Crippen molar-refractivity contribution in [3.8, 4) is 5.75 Å². The van der Waals surface area contributed by atoms with Crippen LogP contribution >= 0.6 is 11.6 Å². The van der Waals surface area contributed by atoms with E-state index in [1.54, 1.807) is 6.07 Å². The number of hydrogen-bond acceptors (Lipinski definition) is 7. The van der Waals surface area contributed by atoms with Crippen LogP contribution in [0.2, 0.25) is 5.02 Å². The van der Waals surface area contributed by atoms with Gasteiger partial charge in [0.15, 0.2) is 0 Å². The summed E-state index contributed by atoms with van der Waals surface area (Å²) in [5, 5.41) is 25.1. The van der Waals surface area contributed by atoms with Gasteiger partial charge in [-0.25, -0.2) is 0 Å². The number of nitrogens with zero attached hydrogens (tertiary/aromatic N) is 2. The van der Waals surface area contributed by atoms with Crippen molar-refractivity contribution in [3.63, 3.8) is 0 Å². The summed E-state index contributed by atoms with van der Waals surface area (Å²) < 4.78 is 10.5. The Kier molecular flexibility index (Phi) is 7.88. The fourth-order valence-electron chi connectivity index (χ4n) is 4.63. The quantitative estimate of drug-likeness (QED) is 0.181. The number of nitro benzene ring substituents is 1. The molecule has 0 bridgehead atoms. The smallest absolute Gasteiger partial charge is 0.295 e. The van der Waals surface area contributed by atoms with Gasteiger partial charge in [-0.3, -0.25) is 19.7 Å². The predicted molar refractivity (Wildman–Crippen MR) is 128 cm³/mol. The third kappa shape index (κ3) is 5.20. The molecule has 1 N–H and O–H groups in total. The molecular weight excluding hydrogens is 490 g/mol. The minimum atomic E-state index is -1.04. The van der Waals surface area contributed by atoms with Crippen LogP contribution in [-0.2, 0) is 14.3 Å². The molecule has 0 saturated carbocycles. The number of nitrogens with one attached hydrogen (secondary N) is 1. The zero-order chi connectivity index (χ0) is 25.8. The first kappa shape index (κ1) is 25.6. The standard InChI is InChI=1S/C25H26ClN3O7/c1-35-20-7-6-17(15-19(20)26)23(30)21-22(16-4-2-5-18(14-16)29(33)34)28(25(32)24(21)31)9-3-8-27-10-12-36-13-11-27/h2,4-7,14-15,22,30H,3,8-13H2,1H3. The number of halogens is 1. The molecule has 2 saturated heterocycles. The molecule has 1 unspecified atom stereocenters. The number of nitro groups is 1. The molecule has 0 aromatic heterocycles. The first-order valence-corrected chi connectivity index (χ1v) is 12.0. The number of rotatable bonds is 8. The average molecular weight is 516 g/mol. The van der Waals surface area contributed by atoms with Gasteiger partial charge in [-0.05, 0) is 23.3 Å². The Bertz CT molecular complexity index is 1210. The van der Waals surface area contributed by atoms with Crippen LogP contribution in [0.25, 0.3) is 5.76 Å². The predicted octanol–water partition coefficient (Wildman–Crippen LogP) is 0.786. The van der Waals surface area contributed by atoms with E-state index in [1.807, 2.05) is 0 Å². The molecule has 10 nitrogen and oxygen atoms in total. The summed E-state index contributed by atoms with van der Waals surface area (Å²) in [7, 11) is 1.44. The average Bonchev–Trinajstić information content (AvgIpc) is 3.14. The van der Waals surface area contributed by atoms with Gasteiger partial charge in [-0.1, -0.05) is 35.6 Å². The fraction of sp³-hybridized carbons (Fsp3) is 0.360. The van der Waals surface area contributed by atoms with Crippen LogP contribution in [0.3, 0.4) is 0 Å². The van der Waals surface area contributed by atoms with Crippen molar-refractivity contribution < 1.29 is 34.0 Å². The Morgan fingerprint density at radius 3 is 2.64 bits per heavy atom. The van der Waals surface area contributed by atoms with Crippen molar-refractivity contribution in [3.05, 3.63) is 74.3 Å². The maximum atomic E-state index is 13.5. The molecular formula is C25H26ClN3O7. The Hall–Kier alpha value is -3.47. The summed E-state index contributed by atoms with van der Waals surface area (Å²) in [5.41, 5.74) is -0.00572. The van der Waals surface area contributed by atoms with E-state index in [4.69, 9.17) is 21.1 Å². The third-order valence-corrected chi connectivity index (χ3v) is 6.76. The lowest BCUT2D eigenvalue weighted by Crippen LogP contribution is -3.14. The van der Waals surface area contributed by atoms with Crippen LogP contribution in [-0.4, -0.2) is 68.0 Å². The minimum Gasteiger partial charge on any atom is -0.872 e. The molecule has 1 amide bonds. The third-order valence-electron chi connectivity index (χ3n) is 6.47. The Morgan fingerprint density at radius 2 is 1.97 bits per heavy atom. The number of benzene rings is 2. The molecule has 11 heteroatoms. The number of amides is 1. The number of likely N-dealkylation sites (tertiary alicyclic amines) is 1. The molecule has 2 heterocycles. The zero-order valence-electron chi connectivity index (χ0n) is 19.7. The van der Waals surface area contributed by atoms with Crippen LogP contribution in [0, 0.1) is 10.1 Å². The summed E-state index contributed by atoms with van der Waals surface area (Å²) in [6.45, 7) is 4.04. The van der Waals surface area contributed by atoms with E-state index in [0.29, 0.717) is 30.9 Å². The summed E-state index contributed by atoms with van der Waals surface area (Å²) in [6, 6.07) is 8.97.